The zero-order valence-corrected chi connectivity index (χ0v) is 16.6. The third-order valence-corrected chi connectivity index (χ3v) is 4.10. The molecule has 0 aromatic heterocycles. The van der Waals surface area contributed by atoms with Crippen LogP contribution in [0, 0.1) is 13.8 Å². The first-order chi connectivity index (χ1) is 12.6. The molecule has 0 fully saturated rings. The topological polar surface area (TPSA) is 64.6 Å². The van der Waals surface area contributed by atoms with Gasteiger partial charge in [-0.05, 0) is 48.6 Å². The van der Waals surface area contributed by atoms with Gasteiger partial charge < -0.3 is 14.8 Å². The zero-order chi connectivity index (χ0) is 20.0. The van der Waals surface area contributed by atoms with E-state index >= 15 is 0 Å². The quantitative estimate of drug-likeness (QED) is 0.777. The number of esters is 1. The molecule has 0 aliphatic carbocycles. The van der Waals surface area contributed by atoms with E-state index in [1.807, 2.05) is 56.3 Å². The fraction of sp³-hybridized carbons (Fsp3) is 0.364. The minimum Gasteiger partial charge on any atom is -0.482 e. The van der Waals surface area contributed by atoms with Crippen LogP contribution in [-0.2, 0) is 19.7 Å². The molecule has 0 radical (unpaired) electrons. The highest BCUT2D eigenvalue weighted by Gasteiger charge is 2.14. The molecule has 0 saturated heterocycles. The molecular weight excluding hydrogens is 342 g/mol. The molecule has 5 nitrogen and oxygen atoms in total. The molecule has 2 aromatic rings. The van der Waals surface area contributed by atoms with E-state index in [2.05, 4.69) is 26.1 Å². The van der Waals surface area contributed by atoms with Crippen molar-refractivity contribution in [3.05, 3.63) is 59.2 Å². The number of rotatable bonds is 6. The van der Waals surface area contributed by atoms with Gasteiger partial charge in [0.15, 0.2) is 13.2 Å². The number of hydrogen-bond donors (Lipinski definition) is 1. The second-order valence-corrected chi connectivity index (χ2v) is 7.59. The smallest absolute Gasteiger partial charge is 0.344 e. The monoisotopic (exact) mass is 369 g/mol. The molecule has 0 unspecified atom stereocenters. The highest BCUT2D eigenvalue weighted by atomic mass is 16.6. The van der Waals surface area contributed by atoms with Gasteiger partial charge in [-0.2, -0.15) is 0 Å². The third kappa shape index (κ3) is 6.44. The fourth-order valence-electron chi connectivity index (χ4n) is 2.52. The summed E-state index contributed by atoms with van der Waals surface area (Å²) in [6.45, 7) is 9.69. The summed E-state index contributed by atoms with van der Waals surface area (Å²) >= 11 is 0. The van der Waals surface area contributed by atoms with Crippen LogP contribution in [0.15, 0.2) is 42.5 Å². The molecule has 27 heavy (non-hydrogen) atoms. The van der Waals surface area contributed by atoms with Crippen molar-refractivity contribution in [1.29, 1.82) is 0 Å². The predicted octanol–water partition coefficient (Wildman–Crippen LogP) is 4.16. The Morgan fingerprint density at radius 1 is 0.963 bits per heavy atom. The SMILES string of the molecule is Cc1ccc(NC(=O)COC(=O)COc2ccc(C(C)(C)C)cc2)c(C)c1. The molecule has 144 valence electrons. The van der Waals surface area contributed by atoms with Crippen molar-refractivity contribution in [3.8, 4) is 5.75 Å². The van der Waals surface area contributed by atoms with Gasteiger partial charge in [0.2, 0.25) is 0 Å². The Hall–Kier alpha value is -2.82. The van der Waals surface area contributed by atoms with Crippen LogP contribution >= 0.6 is 0 Å². The molecule has 0 aliphatic heterocycles. The molecule has 0 bridgehead atoms. The molecule has 0 heterocycles. The number of carbonyl (C=O) groups is 2. The van der Waals surface area contributed by atoms with E-state index in [-0.39, 0.29) is 24.5 Å². The first-order valence-electron chi connectivity index (χ1n) is 8.91. The number of anilines is 1. The van der Waals surface area contributed by atoms with E-state index in [0.29, 0.717) is 11.4 Å². The van der Waals surface area contributed by atoms with Crippen molar-refractivity contribution in [2.45, 2.75) is 40.0 Å². The Balaban J connectivity index is 1.76. The lowest BCUT2D eigenvalue weighted by molar-refractivity contribution is -0.149. The van der Waals surface area contributed by atoms with Gasteiger partial charge in [0.25, 0.3) is 5.91 Å². The van der Waals surface area contributed by atoms with Crippen LogP contribution in [0.5, 0.6) is 5.75 Å². The van der Waals surface area contributed by atoms with Gasteiger partial charge in [0.1, 0.15) is 5.75 Å². The number of amides is 1. The Morgan fingerprint density at radius 2 is 1.63 bits per heavy atom. The van der Waals surface area contributed by atoms with E-state index in [1.165, 1.54) is 5.56 Å². The number of aryl methyl sites for hydroxylation is 2. The second-order valence-electron chi connectivity index (χ2n) is 7.59. The summed E-state index contributed by atoms with van der Waals surface area (Å²) in [4.78, 5) is 23.7. The summed E-state index contributed by atoms with van der Waals surface area (Å²) in [5.74, 6) is -0.393. The van der Waals surface area contributed by atoms with Crippen LogP contribution < -0.4 is 10.1 Å². The van der Waals surface area contributed by atoms with Crippen molar-refractivity contribution in [1.82, 2.24) is 0 Å². The molecule has 0 spiro atoms. The molecular formula is C22H27NO4. The van der Waals surface area contributed by atoms with Crippen molar-refractivity contribution < 1.29 is 19.1 Å². The average molecular weight is 369 g/mol. The minimum atomic E-state index is -0.592. The summed E-state index contributed by atoms with van der Waals surface area (Å²) in [5.41, 5.74) is 4.01. The van der Waals surface area contributed by atoms with Crippen molar-refractivity contribution in [3.63, 3.8) is 0 Å². The van der Waals surface area contributed by atoms with Crippen LogP contribution in [0.3, 0.4) is 0 Å². The Bertz CT molecular complexity index is 804. The van der Waals surface area contributed by atoms with Gasteiger partial charge in [-0.25, -0.2) is 4.79 Å². The average Bonchev–Trinajstić information content (AvgIpc) is 2.60. The summed E-state index contributed by atoms with van der Waals surface area (Å²) in [6, 6.07) is 13.3. The van der Waals surface area contributed by atoms with Crippen LogP contribution in [0.2, 0.25) is 0 Å². The fourth-order valence-corrected chi connectivity index (χ4v) is 2.52. The first kappa shape index (κ1) is 20.5. The van der Waals surface area contributed by atoms with E-state index < -0.39 is 5.97 Å². The number of benzene rings is 2. The molecule has 1 N–H and O–H groups in total. The van der Waals surface area contributed by atoms with Crippen LogP contribution in [0.1, 0.15) is 37.5 Å². The van der Waals surface area contributed by atoms with Crippen LogP contribution in [0.4, 0.5) is 5.69 Å². The maximum atomic E-state index is 11.9. The third-order valence-electron chi connectivity index (χ3n) is 4.10. The maximum absolute atomic E-state index is 11.9. The number of ether oxygens (including phenoxy) is 2. The second kappa shape index (κ2) is 8.71. The van der Waals surface area contributed by atoms with Crippen molar-refractivity contribution in [2.75, 3.05) is 18.5 Å². The number of nitrogens with one attached hydrogen (secondary N) is 1. The Kier molecular flexibility index (Phi) is 6.61. The van der Waals surface area contributed by atoms with Crippen LogP contribution in [-0.4, -0.2) is 25.1 Å². The van der Waals surface area contributed by atoms with Gasteiger partial charge in [-0.15, -0.1) is 0 Å². The van der Waals surface area contributed by atoms with Gasteiger partial charge in [0, 0.05) is 5.69 Å². The summed E-state index contributed by atoms with van der Waals surface area (Å²) in [5, 5.41) is 2.73. The lowest BCUT2D eigenvalue weighted by Gasteiger charge is -2.19. The number of carbonyl (C=O) groups excluding carboxylic acids is 2. The lowest BCUT2D eigenvalue weighted by atomic mass is 9.87. The molecule has 2 aromatic carbocycles. The highest BCUT2D eigenvalue weighted by molar-refractivity contribution is 5.93. The molecule has 5 heteroatoms. The minimum absolute atomic E-state index is 0.0562. The molecule has 0 saturated carbocycles. The molecule has 0 aliphatic rings. The van der Waals surface area contributed by atoms with Crippen LogP contribution in [0.25, 0.3) is 0 Å². The Labute approximate surface area is 160 Å². The summed E-state index contributed by atoms with van der Waals surface area (Å²) < 4.78 is 10.4. The zero-order valence-electron chi connectivity index (χ0n) is 16.6. The summed E-state index contributed by atoms with van der Waals surface area (Å²) in [7, 11) is 0. The first-order valence-corrected chi connectivity index (χ1v) is 8.91. The maximum Gasteiger partial charge on any atom is 0.344 e. The van der Waals surface area contributed by atoms with Gasteiger partial charge in [-0.3, -0.25) is 4.79 Å². The molecule has 0 atom stereocenters. The van der Waals surface area contributed by atoms with Gasteiger partial charge in [-0.1, -0.05) is 50.6 Å². The van der Waals surface area contributed by atoms with E-state index in [0.717, 1.165) is 11.1 Å². The largest absolute Gasteiger partial charge is 0.482 e. The van der Waals surface area contributed by atoms with E-state index in [1.54, 1.807) is 0 Å². The van der Waals surface area contributed by atoms with E-state index in [4.69, 9.17) is 9.47 Å². The highest BCUT2D eigenvalue weighted by Crippen LogP contribution is 2.24. The number of hydrogen-bond acceptors (Lipinski definition) is 4. The Morgan fingerprint density at radius 3 is 2.22 bits per heavy atom. The van der Waals surface area contributed by atoms with Crippen molar-refractivity contribution >= 4 is 17.6 Å². The predicted molar refractivity (Wildman–Crippen MR) is 106 cm³/mol. The standard InChI is InChI=1S/C22H27NO4/c1-15-6-11-19(16(2)12-15)23-20(24)13-27-21(25)14-26-18-9-7-17(8-10-18)22(3,4)5/h6-12H,13-14H2,1-5H3,(H,23,24). The molecule has 2 rings (SSSR count). The normalized spacial score (nSPS) is 11.0. The lowest BCUT2D eigenvalue weighted by Crippen LogP contribution is -2.24. The van der Waals surface area contributed by atoms with Crippen molar-refractivity contribution in [2.24, 2.45) is 0 Å². The molecule has 1 amide bonds. The van der Waals surface area contributed by atoms with Gasteiger partial charge >= 0.3 is 5.97 Å². The van der Waals surface area contributed by atoms with Gasteiger partial charge in [0.05, 0.1) is 0 Å². The summed E-state index contributed by atoms with van der Waals surface area (Å²) in [6.07, 6.45) is 0. The van der Waals surface area contributed by atoms with E-state index in [9.17, 15) is 9.59 Å².